The molecule has 142 valence electrons. The first kappa shape index (κ1) is 19.1. The van der Waals surface area contributed by atoms with Gasteiger partial charge in [0.25, 0.3) is 0 Å². The first-order valence-electron chi connectivity index (χ1n) is 9.30. The minimum Gasteiger partial charge on any atom is -0.326 e. The summed E-state index contributed by atoms with van der Waals surface area (Å²) in [6, 6.07) is 16.8. The predicted molar refractivity (Wildman–Crippen MR) is 105 cm³/mol. The predicted octanol–water partition coefficient (Wildman–Crippen LogP) is 3.22. The number of hydrogen-bond acceptors (Lipinski definition) is 4. The lowest BCUT2D eigenvalue weighted by atomic mass is 10.1. The number of anilines is 2. The molecule has 0 radical (unpaired) electrons. The van der Waals surface area contributed by atoms with E-state index in [1.54, 1.807) is 12.1 Å². The zero-order valence-electron chi connectivity index (χ0n) is 15.3. The zero-order chi connectivity index (χ0) is 18.9. The third kappa shape index (κ3) is 6.51. The fourth-order valence-corrected chi connectivity index (χ4v) is 2.94. The van der Waals surface area contributed by atoms with Crippen LogP contribution in [0.25, 0.3) is 0 Å². The molecule has 1 saturated heterocycles. The number of carbonyl (C=O) groups excluding carboxylic acids is 2. The van der Waals surface area contributed by atoms with Gasteiger partial charge in [0.1, 0.15) is 0 Å². The fourth-order valence-electron chi connectivity index (χ4n) is 2.94. The number of nitrogens with zero attached hydrogens (tertiary/aromatic N) is 1. The highest BCUT2D eigenvalue weighted by molar-refractivity contribution is 5.94. The summed E-state index contributed by atoms with van der Waals surface area (Å²) in [4.78, 5) is 29.8. The molecule has 1 fully saturated rings. The molecule has 3 rings (SSSR count). The zero-order valence-corrected chi connectivity index (χ0v) is 15.3. The summed E-state index contributed by atoms with van der Waals surface area (Å²) in [6.07, 6.45) is 2.86. The van der Waals surface area contributed by atoms with E-state index >= 15 is 0 Å². The maximum absolute atomic E-state index is 12.2. The van der Waals surface area contributed by atoms with Crippen molar-refractivity contribution in [3.05, 3.63) is 60.2 Å². The highest BCUT2D eigenvalue weighted by Crippen LogP contribution is 2.16. The van der Waals surface area contributed by atoms with Crippen molar-refractivity contribution in [1.82, 2.24) is 5.06 Å². The highest BCUT2D eigenvalue weighted by atomic mass is 16.7. The molecule has 27 heavy (non-hydrogen) atoms. The van der Waals surface area contributed by atoms with Gasteiger partial charge in [0.2, 0.25) is 11.8 Å². The van der Waals surface area contributed by atoms with Gasteiger partial charge in [-0.25, -0.2) is 0 Å². The summed E-state index contributed by atoms with van der Waals surface area (Å²) in [5, 5.41) is 7.59. The van der Waals surface area contributed by atoms with Crippen molar-refractivity contribution in [2.75, 3.05) is 30.3 Å². The van der Waals surface area contributed by atoms with E-state index in [-0.39, 0.29) is 11.8 Å². The van der Waals surface area contributed by atoms with E-state index in [1.165, 1.54) is 0 Å². The first-order valence-corrected chi connectivity index (χ1v) is 9.30. The average Bonchev–Trinajstić information content (AvgIpc) is 2.68. The van der Waals surface area contributed by atoms with Crippen molar-refractivity contribution in [3.63, 3.8) is 0 Å². The summed E-state index contributed by atoms with van der Waals surface area (Å²) in [5.74, 6) is -0.163. The smallest absolute Gasteiger partial charge is 0.228 e. The van der Waals surface area contributed by atoms with Crippen LogP contribution in [0.3, 0.4) is 0 Å². The Morgan fingerprint density at radius 3 is 2.37 bits per heavy atom. The topological polar surface area (TPSA) is 70.7 Å². The summed E-state index contributed by atoms with van der Waals surface area (Å²) in [5.41, 5.74) is 2.28. The standard InChI is InChI=1S/C21H25N3O3/c25-20(11-13-24-12-4-5-14-27-24)22-18-9-6-10-19(16-18)23-21(26)15-17-7-2-1-3-8-17/h1-3,6-10,16H,4-5,11-15H2,(H,22,25)(H,23,26). The van der Waals surface area contributed by atoms with Gasteiger partial charge in [-0.15, -0.1) is 0 Å². The maximum Gasteiger partial charge on any atom is 0.228 e. The van der Waals surface area contributed by atoms with Gasteiger partial charge in [0.15, 0.2) is 0 Å². The molecule has 6 heteroatoms. The molecule has 2 aromatic rings. The second kappa shape index (κ2) is 9.85. The van der Waals surface area contributed by atoms with Gasteiger partial charge >= 0.3 is 0 Å². The highest BCUT2D eigenvalue weighted by Gasteiger charge is 2.13. The molecule has 0 saturated carbocycles. The molecule has 2 amide bonds. The van der Waals surface area contributed by atoms with Crippen molar-refractivity contribution < 1.29 is 14.4 Å². The molecule has 0 aliphatic carbocycles. The van der Waals surface area contributed by atoms with Gasteiger partial charge in [-0.3, -0.25) is 14.4 Å². The molecule has 1 aliphatic rings. The molecular weight excluding hydrogens is 342 g/mol. The number of amides is 2. The fraction of sp³-hybridized carbons (Fsp3) is 0.333. The SMILES string of the molecule is O=C(CCN1CCCCO1)Nc1cccc(NC(=O)Cc2ccccc2)c1. The summed E-state index contributed by atoms with van der Waals surface area (Å²) in [6.45, 7) is 2.18. The van der Waals surface area contributed by atoms with Crippen molar-refractivity contribution in [1.29, 1.82) is 0 Å². The van der Waals surface area contributed by atoms with Crippen LogP contribution in [-0.4, -0.2) is 36.6 Å². The Labute approximate surface area is 159 Å². The van der Waals surface area contributed by atoms with Gasteiger partial charge in [-0.2, -0.15) is 5.06 Å². The van der Waals surface area contributed by atoms with Gasteiger partial charge in [0, 0.05) is 30.9 Å². The molecule has 0 unspecified atom stereocenters. The monoisotopic (exact) mass is 367 g/mol. The Kier molecular flexibility index (Phi) is 6.96. The molecule has 1 heterocycles. The Hall–Kier alpha value is -2.70. The first-order chi connectivity index (χ1) is 13.2. The lowest BCUT2D eigenvalue weighted by molar-refractivity contribution is -0.181. The van der Waals surface area contributed by atoms with Crippen LogP contribution in [0, 0.1) is 0 Å². The quantitative estimate of drug-likeness (QED) is 0.788. The van der Waals surface area contributed by atoms with Crippen LogP contribution >= 0.6 is 0 Å². The van der Waals surface area contributed by atoms with Crippen LogP contribution in [-0.2, 0) is 20.8 Å². The van der Waals surface area contributed by atoms with Crippen LogP contribution in [0.1, 0.15) is 24.8 Å². The third-order valence-electron chi connectivity index (χ3n) is 4.30. The van der Waals surface area contributed by atoms with E-state index < -0.39 is 0 Å². The van der Waals surface area contributed by atoms with E-state index in [2.05, 4.69) is 10.6 Å². The molecule has 1 aliphatic heterocycles. The number of hydroxylamine groups is 2. The van der Waals surface area contributed by atoms with E-state index in [0.29, 0.717) is 30.8 Å². The number of hydrogen-bond donors (Lipinski definition) is 2. The Bertz CT molecular complexity index is 758. The Balaban J connectivity index is 1.47. The Morgan fingerprint density at radius 2 is 1.67 bits per heavy atom. The molecule has 2 aromatic carbocycles. The number of carbonyl (C=O) groups is 2. The molecule has 0 atom stereocenters. The molecule has 0 spiro atoms. The summed E-state index contributed by atoms with van der Waals surface area (Å²) < 4.78 is 0. The van der Waals surface area contributed by atoms with E-state index in [4.69, 9.17) is 4.84 Å². The van der Waals surface area contributed by atoms with E-state index in [1.807, 2.05) is 47.5 Å². The average molecular weight is 367 g/mol. The van der Waals surface area contributed by atoms with Crippen molar-refractivity contribution in [3.8, 4) is 0 Å². The number of rotatable bonds is 7. The lowest BCUT2D eigenvalue weighted by Crippen LogP contribution is -2.32. The minimum atomic E-state index is -0.0908. The minimum absolute atomic E-state index is 0.0723. The lowest BCUT2D eigenvalue weighted by Gasteiger charge is -2.25. The van der Waals surface area contributed by atoms with Crippen LogP contribution in [0.15, 0.2) is 54.6 Å². The van der Waals surface area contributed by atoms with Gasteiger partial charge < -0.3 is 10.6 Å². The van der Waals surface area contributed by atoms with Gasteiger partial charge in [-0.05, 0) is 36.6 Å². The maximum atomic E-state index is 12.2. The van der Waals surface area contributed by atoms with Gasteiger partial charge in [0.05, 0.1) is 13.0 Å². The molecule has 6 nitrogen and oxygen atoms in total. The van der Waals surface area contributed by atoms with Crippen LogP contribution in [0.2, 0.25) is 0 Å². The van der Waals surface area contributed by atoms with Crippen molar-refractivity contribution in [2.24, 2.45) is 0 Å². The largest absolute Gasteiger partial charge is 0.326 e. The van der Waals surface area contributed by atoms with Crippen molar-refractivity contribution in [2.45, 2.75) is 25.7 Å². The third-order valence-corrected chi connectivity index (χ3v) is 4.30. The summed E-state index contributed by atoms with van der Waals surface area (Å²) in [7, 11) is 0. The van der Waals surface area contributed by atoms with E-state index in [9.17, 15) is 9.59 Å². The molecule has 0 aromatic heterocycles. The van der Waals surface area contributed by atoms with E-state index in [0.717, 1.165) is 31.6 Å². The summed E-state index contributed by atoms with van der Waals surface area (Å²) >= 11 is 0. The normalized spacial score (nSPS) is 14.5. The Morgan fingerprint density at radius 1 is 0.926 bits per heavy atom. The number of benzene rings is 2. The van der Waals surface area contributed by atoms with Gasteiger partial charge in [-0.1, -0.05) is 36.4 Å². The van der Waals surface area contributed by atoms with Crippen molar-refractivity contribution >= 4 is 23.2 Å². The molecule has 0 bridgehead atoms. The molecule has 2 N–H and O–H groups in total. The molecular formula is C21H25N3O3. The second-order valence-electron chi connectivity index (χ2n) is 6.56. The van der Waals surface area contributed by atoms with Crippen LogP contribution in [0.5, 0.6) is 0 Å². The van der Waals surface area contributed by atoms with Crippen LogP contribution in [0.4, 0.5) is 11.4 Å². The number of nitrogens with one attached hydrogen (secondary N) is 2. The van der Waals surface area contributed by atoms with Crippen LogP contribution < -0.4 is 10.6 Å². The second-order valence-corrected chi connectivity index (χ2v) is 6.56.